The number of aromatic amines is 1. The molecule has 1 saturated heterocycles. The van der Waals surface area contributed by atoms with Gasteiger partial charge in [-0.1, -0.05) is 13.8 Å². The van der Waals surface area contributed by atoms with Crippen molar-refractivity contribution >= 4 is 11.5 Å². The summed E-state index contributed by atoms with van der Waals surface area (Å²) in [6.07, 6.45) is 2.31. The van der Waals surface area contributed by atoms with E-state index in [0.717, 1.165) is 44.2 Å². The third-order valence-corrected chi connectivity index (χ3v) is 4.01. The van der Waals surface area contributed by atoms with Crippen molar-refractivity contribution in [3.8, 4) is 0 Å². The van der Waals surface area contributed by atoms with Crippen molar-refractivity contribution in [3.63, 3.8) is 0 Å². The van der Waals surface area contributed by atoms with E-state index in [1.165, 1.54) is 4.52 Å². The van der Waals surface area contributed by atoms with Crippen molar-refractivity contribution in [1.29, 1.82) is 0 Å². The minimum atomic E-state index is -0.289. The number of anilines is 1. The molecule has 7 nitrogen and oxygen atoms in total. The van der Waals surface area contributed by atoms with E-state index in [1.54, 1.807) is 0 Å². The second-order valence-electron chi connectivity index (χ2n) is 5.98. The van der Waals surface area contributed by atoms with Gasteiger partial charge in [0.15, 0.2) is 5.65 Å². The molecular weight excluding hydrogens is 268 g/mol. The fourth-order valence-corrected chi connectivity index (χ4v) is 2.73. The fourth-order valence-electron chi connectivity index (χ4n) is 2.73. The van der Waals surface area contributed by atoms with Crippen molar-refractivity contribution < 1.29 is 0 Å². The molecular formula is C14H22N6O. The molecule has 0 aromatic carbocycles. The Labute approximate surface area is 123 Å². The molecule has 114 valence electrons. The van der Waals surface area contributed by atoms with Crippen LogP contribution >= 0.6 is 0 Å². The van der Waals surface area contributed by atoms with Crippen LogP contribution in [0.15, 0.2) is 16.9 Å². The van der Waals surface area contributed by atoms with Crippen molar-refractivity contribution in [1.82, 2.24) is 25.1 Å². The molecule has 3 heterocycles. The quantitative estimate of drug-likeness (QED) is 0.863. The molecule has 3 rings (SSSR count). The number of fused-ring (bicyclic) bond motifs is 1. The first-order valence-corrected chi connectivity index (χ1v) is 7.56. The molecule has 21 heavy (non-hydrogen) atoms. The van der Waals surface area contributed by atoms with Gasteiger partial charge in [-0.3, -0.25) is 0 Å². The van der Waals surface area contributed by atoms with Crippen LogP contribution in [0.3, 0.4) is 0 Å². The summed E-state index contributed by atoms with van der Waals surface area (Å²) >= 11 is 0. The van der Waals surface area contributed by atoms with E-state index < -0.39 is 0 Å². The van der Waals surface area contributed by atoms with Gasteiger partial charge in [0.05, 0.1) is 0 Å². The normalized spacial score (nSPS) is 17.0. The SMILES string of the molecule is CC(C)NCC1CCN(c2ccc3n[nH]c(=O)n3n2)CC1. The highest BCUT2D eigenvalue weighted by molar-refractivity contribution is 5.45. The zero-order valence-electron chi connectivity index (χ0n) is 12.5. The lowest BCUT2D eigenvalue weighted by atomic mass is 9.96. The van der Waals surface area contributed by atoms with Crippen molar-refractivity contribution in [2.75, 3.05) is 24.5 Å². The fraction of sp³-hybridized carbons (Fsp3) is 0.643. The van der Waals surface area contributed by atoms with Gasteiger partial charge in [0, 0.05) is 19.1 Å². The zero-order valence-corrected chi connectivity index (χ0v) is 12.5. The van der Waals surface area contributed by atoms with Gasteiger partial charge in [0.1, 0.15) is 5.82 Å². The van der Waals surface area contributed by atoms with Crippen LogP contribution in [0.25, 0.3) is 5.65 Å². The number of aromatic nitrogens is 4. The Morgan fingerprint density at radius 3 is 2.86 bits per heavy atom. The van der Waals surface area contributed by atoms with Crippen LogP contribution in [0.2, 0.25) is 0 Å². The van der Waals surface area contributed by atoms with Crippen LogP contribution in [0, 0.1) is 5.92 Å². The minimum absolute atomic E-state index is 0.289. The molecule has 1 aliphatic heterocycles. The summed E-state index contributed by atoms with van der Waals surface area (Å²) in [4.78, 5) is 13.8. The molecule has 0 amide bonds. The molecule has 0 unspecified atom stereocenters. The average molecular weight is 290 g/mol. The number of nitrogens with one attached hydrogen (secondary N) is 2. The van der Waals surface area contributed by atoms with E-state index in [-0.39, 0.29) is 5.69 Å². The van der Waals surface area contributed by atoms with Crippen LogP contribution in [0.4, 0.5) is 5.82 Å². The van der Waals surface area contributed by atoms with E-state index in [9.17, 15) is 4.79 Å². The van der Waals surface area contributed by atoms with Crippen LogP contribution in [0.1, 0.15) is 26.7 Å². The first-order valence-electron chi connectivity index (χ1n) is 7.56. The molecule has 0 spiro atoms. The van der Waals surface area contributed by atoms with Gasteiger partial charge >= 0.3 is 5.69 Å². The van der Waals surface area contributed by atoms with Gasteiger partial charge in [0.25, 0.3) is 0 Å². The highest BCUT2D eigenvalue weighted by Gasteiger charge is 2.20. The standard InChI is InChI=1S/C14H22N6O/c1-10(2)15-9-11-5-7-19(8-6-11)13-4-3-12-16-17-14(21)20(12)18-13/h3-4,10-11,15H,5-9H2,1-2H3,(H,17,21). The predicted octanol–water partition coefficient (Wildman–Crippen LogP) is 0.632. The molecule has 1 fully saturated rings. The summed E-state index contributed by atoms with van der Waals surface area (Å²) in [5, 5.41) is 14.2. The molecule has 2 aromatic rings. The first kappa shape index (κ1) is 14.1. The number of H-pyrrole nitrogens is 1. The van der Waals surface area contributed by atoms with Crippen LogP contribution in [0.5, 0.6) is 0 Å². The maximum atomic E-state index is 11.6. The third-order valence-electron chi connectivity index (χ3n) is 4.01. The van der Waals surface area contributed by atoms with Gasteiger partial charge in [-0.05, 0) is 37.4 Å². The molecule has 2 aromatic heterocycles. The molecule has 0 saturated carbocycles. The molecule has 0 aliphatic carbocycles. The van der Waals surface area contributed by atoms with E-state index >= 15 is 0 Å². The van der Waals surface area contributed by atoms with Gasteiger partial charge in [-0.25, -0.2) is 9.89 Å². The Bertz CT molecular complexity index is 653. The van der Waals surface area contributed by atoms with Gasteiger partial charge in [-0.15, -0.1) is 5.10 Å². The summed E-state index contributed by atoms with van der Waals surface area (Å²) in [6.45, 7) is 7.40. The molecule has 0 bridgehead atoms. The molecule has 7 heteroatoms. The topological polar surface area (TPSA) is 78.3 Å². The second kappa shape index (κ2) is 5.85. The monoisotopic (exact) mass is 290 g/mol. The van der Waals surface area contributed by atoms with E-state index in [4.69, 9.17) is 0 Å². The zero-order chi connectivity index (χ0) is 14.8. The van der Waals surface area contributed by atoms with Crippen molar-refractivity contribution in [3.05, 3.63) is 22.6 Å². The highest BCUT2D eigenvalue weighted by Crippen LogP contribution is 2.21. The highest BCUT2D eigenvalue weighted by atomic mass is 16.2. The van der Waals surface area contributed by atoms with E-state index in [1.807, 2.05) is 12.1 Å². The van der Waals surface area contributed by atoms with Crippen molar-refractivity contribution in [2.45, 2.75) is 32.7 Å². The van der Waals surface area contributed by atoms with Gasteiger partial charge in [0.2, 0.25) is 0 Å². The summed E-state index contributed by atoms with van der Waals surface area (Å²) in [5.74, 6) is 1.57. The molecule has 1 aliphatic rings. The maximum Gasteiger partial charge on any atom is 0.364 e. The number of hydrogen-bond donors (Lipinski definition) is 2. The molecule has 0 atom stereocenters. The van der Waals surface area contributed by atoms with Crippen LogP contribution in [-0.4, -0.2) is 45.5 Å². The lowest BCUT2D eigenvalue weighted by molar-refractivity contribution is 0.369. The minimum Gasteiger partial charge on any atom is -0.355 e. The lowest BCUT2D eigenvalue weighted by Gasteiger charge is -2.33. The van der Waals surface area contributed by atoms with E-state index in [2.05, 4.69) is 39.4 Å². The Balaban J connectivity index is 1.65. The Hall–Kier alpha value is -1.89. The summed E-state index contributed by atoms with van der Waals surface area (Å²) in [6, 6.07) is 4.30. The van der Waals surface area contributed by atoms with E-state index in [0.29, 0.717) is 11.7 Å². The Kier molecular flexibility index (Phi) is 3.92. The van der Waals surface area contributed by atoms with Gasteiger partial charge in [-0.2, -0.15) is 9.61 Å². The summed E-state index contributed by atoms with van der Waals surface area (Å²) < 4.78 is 1.32. The Morgan fingerprint density at radius 1 is 1.38 bits per heavy atom. The maximum absolute atomic E-state index is 11.6. The number of piperidine rings is 1. The van der Waals surface area contributed by atoms with Crippen LogP contribution < -0.4 is 15.9 Å². The average Bonchev–Trinajstić information content (AvgIpc) is 2.87. The number of nitrogens with zero attached hydrogens (tertiary/aromatic N) is 4. The van der Waals surface area contributed by atoms with Crippen LogP contribution in [-0.2, 0) is 0 Å². The van der Waals surface area contributed by atoms with Crippen molar-refractivity contribution in [2.24, 2.45) is 5.92 Å². The second-order valence-corrected chi connectivity index (χ2v) is 5.98. The predicted molar refractivity (Wildman–Crippen MR) is 81.7 cm³/mol. The first-order chi connectivity index (χ1) is 10.1. The smallest absolute Gasteiger partial charge is 0.355 e. The summed E-state index contributed by atoms with van der Waals surface area (Å²) in [7, 11) is 0. The lowest BCUT2D eigenvalue weighted by Crippen LogP contribution is -2.39. The largest absolute Gasteiger partial charge is 0.364 e. The summed E-state index contributed by atoms with van der Waals surface area (Å²) in [5.41, 5.74) is 0.266. The Morgan fingerprint density at radius 2 is 2.14 bits per heavy atom. The number of hydrogen-bond acceptors (Lipinski definition) is 5. The number of rotatable bonds is 4. The molecule has 0 radical (unpaired) electrons. The van der Waals surface area contributed by atoms with Gasteiger partial charge < -0.3 is 10.2 Å². The third kappa shape index (κ3) is 3.07. The molecule has 2 N–H and O–H groups in total.